The largest absolute Gasteiger partial charge is 0.478 e. The van der Waals surface area contributed by atoms with E-state index in [2.05, 4.69) is 15.5 Å². The number of carboxylic acid groups (broad SMARTS) is 1. The van der Waals surface area contributed by atoms with Crippen LogP contribution < -0.4 is 5.43 Å². The summed E-state index contributed by atoms with van der Waals surface area (Å²) in [7, 11) is 0. The summed E-state index contributed by atoms with van der Waals surface area (Å²) >= 11 is 0. The van der Waals surface area contributed by atoms with E-state index in [0.29, 0.717) is 5.69 Å². The van der Waals surface area contributed by atoms with E-state index in [1.165, 1.54) is 6.07 Å². The van der Waals surface area contributed by atoms with Crippen LogP contribution in [0, 0.1) is 0 Å². The SMILES string of the molecule is O=C(O)c1ccccc1N/N=C\c1cccnc1. The summed E-state index contributed by atoms with van der Waals surface area (Å²) in [5, 5.41) is 13.0. The van der Waals surface area contributed by atoms with Crippen LogP contribution in [0.2, 0.25) is 0 Å². The molecule has 18 heavy (non-hydrogen) atoms. The number of para-hydroxylation sites is 1. The van der Waals surface area contributed by atoms with Gasteiger partial charge in [0.25, 0.3) is 0 Å². The molecule has 2 rings (SSSR count). The maximum absolute atomic E-state index is 11.0. The van der Waals surface area contributed by atoms with Gasteiger partial charge in [-0.05, 0) is 18.2 Å². The van der Waals surface area contributed by atoms with Crippen molar-refractivity contribution in [2.75, 3.05) is 5.43 Å². The molecular weight excluding hydrogens is 230 g/mol. The van der Waals surface area contributed by atoms with Crippen molar-refractivity contribution in [1.82, 2.24) is 4.98 Å². The number of pyridine rings is 1. The predicted molar refractivity (Wildman–Crippen MR) is 68.9 cm³/mol. The lowest BCUT2D eigenvalue weighted by Gasteiger charge is -2.03. The van der Waals surface area contributed by atoms with Gasteiger partial charge < -0.3 is 5.11 Å². The number of hydrazone groups is 1. The zero-order valence-electron chi connectivity index (χ0n) is 9.45. The number of nitrogens with one attached hydrogen (secondary N) is 1. The second-order valence-corrected chi connectivity index (χ2v) is 3.51. The second-order valence-electron chi connectivity index (χ2n) is 3.51. The number of aromatic carboxylic acids is 1. The van der Waals surface area contributed by atoms with E-state index >= 15 is 0 Å². The summed E-state index contributed by atoms with van der Waals surface area (Å²) < 4.78 is 0. The summed E-state index contributed by atoms with van der Waals surface area (Å²) in [5.41, 5.74) is 4.17. The van der Waals surface area contributed by atoms with Gasteiger partial charge >= 0.3 is 5.97 Å². The van der Waals surface area contributed by atoms with Gasteiger partial charge in [-0.25, -0.2) is 4.79 Å². The van der Waals surface area contributed by atoms with Crippen molar-refractivity contribution in [2.45, 2.75) is 0 Å². The van der Waals surface area contributed by atoms with Crippen molar-refractivity contribution in [3.05, 3.63) is 59.9 Å². The number of aromatic nitrogens is 1. The van der Waals surface area contributed by atoms with E-state index in [0.717, 1.165) is 5.56 Å². The van der Waals surface area contributed by atoms with Crippen molar-refractivity contribution in [2.24, 2.45) is 5.10 Å². The Hall–Kier alpha value is -2.69. The zero-order valence-corrected chi connectivity index (χ0v) is 9.45. The maximum Gasteiger partial charge on any atom is 0.337 e. The third-order valence-electron chi connectivity index (χ3n) is 2.24. The molecule has 2 aromatic rings. The number of carboxylic acids is 1. The lowest BCUT2D eigenvalue weighted by atomic mass is 10.2. The molecule has 0 amide bonds. The number of hydrogen-bond donors (Lipinski definition) is 2. The molecule has 0 fully saturated rings. The number of rotatable bonds is 4. The molecule has 0 spiro atoms. The highest BCUT2D eigenvalue weighted by Gasteiger charge is 2.07. The standard InChI is InChI=1S/C13H11N3O2/c17-13(18)11-5-1-2-6-12(11)16-15-9-10-4-3-7-14-8-10/h1-9,16H,(H,17,18)/b15-9-. The van der Waals surface area contributed by atoms with E-state index < -0.39 is 5.97 Å². The predicted octanol–water partition coefficient (Wildman–Crippen LogP) is 2.23. The normalized spacial score (nSPS) is 10.4. The molecule has 0 saturated carbocycles. The fourth-order valence-electron chi connectivity index (χ4n) is 1.40. The van der Waals surface area contributed by atoms with Crippen molar-refractivity contribution < 1.29 is 9.90 Å². The number of carbonyl (C=O) groups is 1. The first-order chi connectivity index (χ1) is 8.77. The van der Waals surface area contributed by atoms with Gasteiger partial charge in [0.2, 0.25) is 0 Å². The molecule has 5 nitrogen and oxygen atoms in total. The molecule has 0 aliphatic rings. The molecule has 2 N–H and O–H groups in total. The number of nitrogens with zero attached hydrogens (tertiary/aromatic N) is 2. The van der Waals surface area contributed by atoms with Crippen LogP contribution in [0.25, 0.3) is 0 Å². The van der Waals surface area contributed by atoms with Gasteiger partial charge in [-0.3, -0.25) is 10.4 Å². The van der Waals surface area contributed by atoms with Crippen molar-refractivity contribution >= 4 is 17.9 Å². The van der Waals surface area contributed by atoms with Crippen molar-refractivity contribution in [3.8, 4) is 0 Å². The van der Waals surface area contributed by atoms with E-state index in [-0.39, 0.29) is 5.56 Å². The van der Waals surface area contributed by atoms with Crippen LogP contribution in [-0.2, 0) is 0 Å². The highest BCUT2D eigenvalue weighted by Crippen LogP contribution is 2.14. The summed E-state index contributed by atoms with van der Waals surface area (Å²) in [4.78, 5) is 14.9. The molecule has 1 heterocycles. The number of benzene rings is 1. The Morgan fingerprint density at radius 1 is 1.28 bits per heavy atom. The smallest absolute Gasteiger partial charge is 0.337 e. The van der Waals surface area contributed by atoms with Crippen LogP contribution in [0.4, 0.5) is 5.69 Å². The Morgan fingerprint density at radius 3 is 2.83 bits per heavy atom. The third-order valence-corrected chi connectivity index (χ3v) is 2.24. The van der Waals surface area contributed by atoms with Gasteiger partial charge in [-0.2, -0.15) is 5.10 Å². The Morgan fingerprint density at radius 2 is 2.11 bits per heavy atom. The number of anilines is 1. The first-order valence-corrected chi connectivity index (χ1v) is 5.29. The minimum Gasteiger partial charge on any atom is -0.478 e. The van der Waals surface area contributed by atoms with E-state index in [9.17, 15) is 4.79 Å². The van der Waals surface area contributed by atoms with E-state index in [1.807, 2.05) is 6.07 Å². The van der Waals surface area contributed by atoms with Gasteiger partial charge in [-0.15, -0.1) is 0 Å². The summed E-state index contributed by atoms with van der Waals surface area (Å²) in [5.74, 6) is -0.991. The average Bonchev–Trinajstić information content (AvgIpc) is 2.40. The van der Waals surface area contributed by atoms with Crippen LogP contribution in [0.1, 0.15) is 15.9 Å². The Bertz CT molecular complexity index is 567. The van der Waals surface area contributed by atoms with Crippen molar-refractivity contribution in [1.29, 1.82) is 0 Å². The van der Waals surface area contributed by atoms with E-state index in [4.69, 9.17) is 5.11 Å². The fraction of sp³-hybridized carbons (Fsp3) is 0. The van der Waals surface area contributed by atoms with Gasteiger partial charge in [0.15, 0.2) is 0 Å². The molecule has 0 aliphatic heterocycles. The molecule has 0 saturated heterocycles. The Balaban J connectivity index is 2.11. The lowest BCUT2D eigenvalue weighted by Crippen LogP contribution is -2.02. The van der Waals surface area contributed by atoms with Crippen LogP contribution >= 0.6 is 0 Å². The lowest BCUT2D eigenvalue weighted by molar-refractivity contribution is 0.0698. The van der Waals surface area contributed by atoms with Crippen LogP contribution in [0.5, 0.6) is 0 Å². The molecule has 0 bridgehead atoms. The summed E-state index contributed by atoms with van der Waals surface area (Å²) in [6.45, 7) is 0. The monoisotopic (exact) mass is 241 g/mol. The second kappa shape index (κ2) is 5.58. The molecule has 0 atom stereocenters. The first-order valence-electron chi connectivity index (χ1n) is 5.29. The Labute approximate surface area is 104 Å². The molecule has 0 unspecified atom stereocenters. The molecule has 1 aromatic heterocycles. The topological polar surface area (TPSA) is 74.6 Å². The first kappa shape index (κ1) is 11.8. The van der Waals surface area contributed by atoms with Gasteiger partial charge in [0, 0.05) is 18.0 Å². The third kappa shape index (κ3) is 2.91. The minimum atomic E-state index is -0.991. The number of hydrogen-bond acceptors (Lipinski definition) is 4. The van der Waals surface area contributed by atoms with Gasteiger partial charge in [0.1, 0.15) is 0 Å². The zero-order chi connectivity index (χ0) is 12.8. The summed E-state index contributed by atoms with van der Waals surface area (Å²) in [6, 6.07) is 10.2. The highest BCUT2D eigenvalue weighted by molar-refractivity contribution is 5.94. The van der Waals surface area contributed by atoms with Gasteiger partial charge in [0.05, 0.1) is 17.5 Å². The molecular formula is C13H11N3O2. The van der Waals surface area contributed by atoms with Crippen LogP contribution in [-0.4, -0.2) is 22.3 Å². The molecule has 0 aliphatic carbocycles. The van der Waals surface area contributed by atoms with Crippen LogP contribution in [0.3, 0.4) is 0 Å². The van der Waals surface area contributed by atoms with E-state index in [1.54, 1.807) is 42.9 Å². The fourth-order valence-corrected chi connectivity index (χ4v) is 1.40. The minimum absolute atomic E-state index is 0.181. The molecule has 0 radical (unpaired) electrons. The Kier molecular flexibility index (Phi) is 3.66. The maximum atomic E-state index is 11.0. The molecule has 1 aromatic carbocycles. The van der Waals surface area contributed by atoms with Crippen LogP contribution in [0.15, 0.2) is 53.9 Å². The molecule has 5 heteroatoms. The average molecular weight is 241 g/mol. The molecule has 90 valence electrons. The highest BCUT2D eigenvalue weighted by atomic mass is 16.4. The summed E-state index contributed by atoms with van der Waals surface area (Å²) in [6.07, 6.45) is 4.91. The van der Waals surface area contributed by atoms with Crippen molar-refractivity contribution in [3.63, 3.8) is 0 Å². The quantitative estimate of drug-likeness (QED) is 0.635. The van der Waals surface area contributed by atoms with Gasteiger partial charge in [-0.1, -0.05) is 18.2 Å².